The second-order valence-corrected chi connectivity index (χ2v) is 6.10. The number of urea groups is 1. The van der Waals surface area contributed by atoms with Crippen LogP contribution in [0.3, 0.4) is 0 Å². The van der Waals surface area contributed by atoms with Crippen molar-refractivity contribution in [1.29, 1.82) is 0 Å². The molecule has 8 nitrogen and oxygen atoms in total. The topological polar surface area (TPSA) is 114 Å². The van der Waals surface area contributed by atoms with Gasteiger partial charge in [0.2, 0.25) is 0 Å². The van der Waals surface area contributed by atoms with E-state index in [1.807, 2.05) is 35.6 Å². The van der Waals surface area contributed by atoms with Gasteiger partial charge in [-0.25, -0.2) is 9.59 Å². The molecule has 2 aromatic carbocycles. The molecule has 0 unspecified atom stereocenters. The van der Waals surface area contributed by atoms with Crippen LogP contribution in [0.1, 0.15) is 22.8 Å². The number of hydrogen-bond donors (Lipinski definition) is 3. The highest BCUT2D eigenvalue weighted by atomic mass is 16.5. The molecule has 0 saturated carbocycles. The zero-order chi connectivity index (χ0) is 21.1. The van der Waals surface area contributed by atoms with Crippen molar-refractivity contribution >= 4 is 23.8 Å². The lowest BCUT2D eigenvalue weighted by atomic mass is 10.1. The van der Waals surface area contributed by atoms with Crippen molar-refractivity contribution in [2.45, 2.75) is 19.4 Å². The van der Waals surface area contributed by atoms with E-state index in [2.05, 4.69) is 10.6 Å². The third-order valence-electron chi connectivity index (χ3n) is 3.84. The van der Waals surface area contributed by atoms with Gasteiger partial charge >= 0.3 is 12.0 Å². The van der Waals surface area contributed by atoms with Gasteiger partial charge in [-0.1, -0.05) is 48.5 Å². The monoisotopic (exact) mass is 397 g/mol. The molecule has 0 bridgehead atoms. The molecule has 0 aliphatic rings. The van der Waals surface area contributed by atoms with Gasteiger partial charge in [0, 0.05) is 18.5 Å². The molecule has 2 rings (SSSR count). The van der Waals surface area contributed by atoms with Gasteiger partial charge in [-0.15, -0.1) is 0 Å². The number of hydrogen-bond acceptors (Lipinski definition) is 5. The summed E-state index contributed by atoms with van der Waals surface area (Å²) in [5.41, 5.74) is 1.21. The first kappa shape index (κ1) is 21.6. The van der Waals surface area contributed by atoms with E-state index >= 15 is 0 Å². The lowest BCUT2D eigenvalue weighted by Gasteiger charge is -2.18. The molecule has 2 aromatic rings. The van der Waals surface area contributed by atoms with Gasteiger partial charge in [-0.2, -0.15) is 0 Å². The molecule has 3 N–H and O–H groups in total. The second-order valence-electron chi connectivity index (χ2n) is 6.10. The fourth-order valence-electron chi connectivity index (χ4n) is 2.48. The van der Waals surface area contributed by atoms with E-state index in [0.29, 0.717) is 12.1 Å². The summed E-state index contributed by atoms with van der Waals surface area (Å²) in [7, 11) is 0. The van der Waals surface area contributed by atoms with Crippen molar-refractivity contribution in [1.82, 2.24) is 16.0 Å². The largest absolute Gasteiger partial charge is 0.454 e. The fraction of sp³-hybridized carbons (Fsp3) is 0.238. The van der Waals surface area contributed by atoms with Gasteiger partial charge in [0.15, 0.2) is 6.61 Å². The summed E-state index contributed by atoms with van der Waals surface area (Å²) in [6.45, 7) is 1.42. The van der Waals surface area contributed by atoms with Crippen LogP contribution in [0.2, 0.25) is 0 Å². The Labute approximate surface area is 168 Å². The molecule has 0 heterocycles. The smallest absolute Gasteiger partial charge is 0.329 e. The first-order valence-electron chi connectivity index (χ1n) is 9.13. The molecule has 29 heavy (non-hydrogen) atoms. The molecule has 8 heteroatoms. The molecule has 0 radical (unpaired) electrons. The number of nitrogens with one attached hydrogen (secondary N) is 3. The number of rotatable bonds is 8. The summed E-state index contributed by atoms with van der Waals surface area (Å²) in [6.07, 6.45) is 0.191. The van der Waals surface area contributed by atoms with Crippen LogP contribution < -0.4 is 16.0 Å². The molecule has 4 amide bonds. The molecular formula is C21H23N3O5. The van der Waals surface area contributed by atoms with E-state index in [1.165, 1.54) is 0 Å². The van der Waals surface area contributed by atoms with Gasteiger partial charge in [0.25, 0.3) is 11.8 Å². The highest BCUT2D eigenvalue weighted by molar-refractivity contribution is 5.98. The van der Waals surface area contributed by atoms with E-state index in [9.17, 15) is 19.2 Å². The molecule has 1 atom stereocenters. The Morgan fingerprint density at radius 1 is 0.931 bits per heavy atom. The summed E-state index contributed by atoms with van der Waals surface area (Å²) in [5, 5.41) is 7.08. The van der Waals surface area contributed by atoms with Crippen LogP contribution in [0.5, 0.6) is 0 Å². The van der Waals surface area contributed by atoms with Crippen molar-refractivity contribution in [3.63, 3.8) is 0 Å². The Morgan fingerprint density at radius 2 is 1.55 bits per heavy atom. The minimum atomic E-state index is -0.998. The third-order valence-corrected chi connectivity index (χ3v) is 3.84. The van der Waals surface area contributed by atoms with E-state index < -0.39 is 36.5 Å². The predicted octanol–water partition coefficient (Wildman–Crippen LogP) is 1.42. The van der Waals surface area contributed by atoms with Gasteiger partial charge in [0.05, 0.1) is 0 Å². The minimum Gasteiger partial charge on any atom is -0.454 e. The van der Waals surface area contributed by atoms with E-state index in [0.717, 1.165) is 5.56 Å². The first-order chi connectivity index (χ1) is 14.0. The van der Waals surface area contributed by atoms with E-state index in [-0.39, 0.29) is 6.42 Å². The Bertz CT molecular complexity index is 840. The molecule has 0 aromatic heterocycles. The SMILES string of the molecule is CCNC(=O)NC(=O)COC(=O)[C@H](Cc1ccccc1)NC(=O)c1ccccc1. The maximum atomic E-state index is 12.5. The highest BCUT2D eigenvalue weighted by Crippen LogP contribution is 2.07. The van der Waals surface area contributed by atoms with Crippen LogP contribution >= 0.6 is 0 Å². The van der Waals surface area contributed by atoms with Crippen LogP contribution in [0.25, 0.3) is 0 Å². The van der Waals surface area contributed by atoms with Crippen LogP contribution in [0, 0.1) is 0 Å². The number of ether oxygens (including phenoxy) is 1. The normalized spacial score (nSPS) is 11.1. The molecule has 0 saturated heterocycles. The molecule has 0 spiro atoms. The minimum absolute atomic E-state index is 0.191. The maximum Gasteiger partial charge on any atom is 0.329 e. The van der Waals surface area contributed by atoms with Gasteiger partial charge in [-0.05, 0) is 24.6 Å². The zero-order valence-electron chi connectivity index (χ0n) is 16.0. The first-order valence-corrected chi connectivity index (χ1v) is 9.13. The number of benzene rings is 2. The van der Waals surface area contributed by atoms with Crippen LogP contribution in [0.4, 0.5) is 4.79 Å². The zero-order valence-corrected chi connectivity index (χ0v) is 16.0. The van der Waals surface area contributed by atoms with Gasteiger partial charge < -0.3 is 15.4 Å². The fourth-order valence-corrected chi connectivity index (χ4v) is 2.48. The van der Waals surface area contributed by atoms with Crippen LogP contribution in [-0.4, -0.2) is 43.0 Å². The van der Waals surface area contributed by atoms with E-state index in [1.54, 1.807) is 37.3 Å². The number of amides is 4. The summed E-state index contributed by atoms with van der Waals surface area (Å²) in [5.74, 6) is -1.98. The summed E-state index contributed by atoms with van der Waals surface area (Å²) >= 11 is 0. The average molecular weight is 397 g/mol. The molecule has 0 aliphatic carbocycles. The third kappa shape index (κ3) is 7.45. The summed E-state index contributed by atoms with van der Waals surface area (Å²) in [6, 6.07) is 15.9. The summed E-state index contributed by atoms with van der Waals surface area (Å²) < 4.78 is 5.01. The van der Waals surface area contributed by atoms with Crippen molar-refractivity contribution < 1.29 is 23.9 Å². The molecular weight excluding hydrogens is 374 g/mol. The molecule has 0 fully saturated rings. The number of carbonyl (C=O) groups is 4. The lowest BCUT2D eigenvalue weighted by Crippen LogP contribution is -2.45. The standard InChI is InChI=1S/C21H23N3O5/c1-2-22-21(28)24-18(25)14-29-20(27)17(13-15-9-5-3-6-10-15)23-19(26)16-11-7-4-8-12-16/h3-12,17H,2,13-14H2,1H3,(H,23,26)(H2,22,24,25,28)/t17-/m0/s1. The average Bonchev–Trinajstić information content (AvgIpc) is 2.73. The Balaban J connectivity index is 2.01. The summed E-state index contributed by atoms with van der Waals surface area (Å²) in [4.78, 5) is 48.0. The number of carbonyl (C=O) groups excluding carboxylic acids is 4. The Morgan fingerprint density at radius 3 is 2.17 bits per heavy atom. The lowest BCUT2D eigenvalue weighted by molar-refractivity contribution is -0.150. The quantitative estimate of drug-likeness (QED) is 0.583. The van der Waals surface area contributed by atoms with Gasteiger partial charge in [0.1, 0.15) is 6.04 Å². The highest BCUT2D eigenvalue weighted by Gasteiger charge is 2.24. The molecule has 0 aliphatic heterocycles. The van der Waals surface area contributed by atoms with Crippen LogP contribution in [0.15, 0.2) is 60.7 Å². The van der Waals surface area contributed by atoms with Crippen molar-refractivity contribution in [3.8, 4) is 0 Å². The maximum absolute atomic E-state index is 12.5. The molecule has 152 valence electrons. The van der Waals surface area contributed by atoms with Crippen molar-refractivity contribution in [2.75, 3.05) is 13.2 Å². The second kappa shape index (κ2) is 11.2. The van der Waals surface area contributed by atoms with E-state index in [4.69, 9.17) is 4.74 Å². The predicted molar refractivity (Wildman–Crippen MR) is 106 cm³/mol. The van der Waals surface area contributed by atoms with Crippen molar-refractivity contribution in [3.05, 3.63) is 71.8 Å². The van der Waals surface area contributed by atoms with Crippen molar-refractivity contribution in [2.24, 2.45) is 0 Å². The van der Waals surface area contributed by atoms with Crippen LogP contribution in [-0.2, 0) is 20.7 Å². The number of imide groups is 1. The van der Waals surface area contributed by atoms with Gasteiger partial charge in [-0.3, -0.25) is 14.9 Å². The Hall–Kier alpha value is -3.68. The Kier molecular flexibility index (Phi) is 8.37. The number of esters is 1.